The topological polar surface area (TPSA) is 143 Å². The number of carboxylic acids is 1. The molecule has 51 heavy (non-hydrogen) atoms. The van der Waals surface area contributed by atoms with E-state index in [4.69, 9.17) is 14.2 Å². The van der Waals surface area contributed by atoms with Gasteiger partial charge in [0, 0.05) is 24.9 Å². The zero-order valence-corrected chi connectivity index (χ0v) is 32.5. The summed E-state index contributed by atoms with van der Waals surface area (Å²) >= 11 is 0. The quantitative estimate of drug-likeness (QED) is 0.350. The fraction of sp³-hybridized carbons (Fsp3) is 0.949. The summed E-state index contributed by atoms with van der Waals surface area (Å²) in [6.45, 7) is 12.9. The van der Waals surface area contributed by atoms with E-state index >= 15 is 0 Å². The van der Waals surface area contributed by atoms with E-state index in [-0.39, 0.29) is 63.8 Å². The maximum atomic E-state index is 12.9. The molecule has 2 N–H and O–H groups in total. The Kier molecular flexibility index (Phi) is 8.69. The summed E-state index contributed by atoms with van der Waals surface area (Å²) in [5.41, 5.74) is -0.0983. The summed E-state index contributed by atoms with van der Waals surface area (Å²) in [6, 6.07) is 0. The van der Waals surface area contributed by atoms with Gasteiger partial charge in [-0.2, -0.15) is 4.31 Å². The molecule has 0 aromatic heterocycles. The number of nitrogens with zero attached hydrogens (tertiary/aromatic N) is 2. The summed E-state index contributed by atoms with van der Waals surface area (Å²) in [4.78, 5) is 26.4. The van der Waals surface area contributed by atoms with Gasteiger partial charge in [-0.25, -0.2) is 8.42 Å². The second-order valence-electron chi connectivity index (χ2n) is 19.5. The van der Waals surface area contributed by atoms with Gasteiger partial charge in [0.25, 0.3) is 0 Å². The minimum absolute atomic E-state index is 0.0178. The number of rotatable bonds is 9. The lowest BCUT2D eigenvalue weighted by atomic mass is 9.41. The van der Waals surface area contributed by atoms with Gasteiger partial charge < -0.3 is 29.3 Å². The first-order valence-corrected chi connectivity index (χ1v) is 21.8. The molecule has 13 unspecified atom stereocenters. The van der Waals surface area contributed by atoms with Crippen LogP contribution in [0.5, 0.6) is 0 Å². The van der Waals surface area contributed by atoms with E-state index in [0.29, 0.717) is 50.3 Å². The van der Waals surface area contributed by atoms with Crippen molar-refractivity contribution in [3.8, 4) is 0 Å². The lowest BCUT2D eigenvalue weighted by Gasteiger charge is -2.64. The van der Waals surface area contributed by atoms with Crippen LogP contribution in [0.15, 0.2) is 0 Å². The van der Waals surface area contributed by atoms with Gasteiger partial charge in [-0.1, -0.05) is 34.6 Å². The van der Waals surface area contributed by atoms with Gasteiger partial charge in [0.1, 0.15) is 6.54 Å². The number of hydrogen-bond donors (Lipinski definition) is 2. The molecular formula is C39H62N2O9S. The molecule has 8 fully saturated rings. The maximum absolute atomic E-state index is 12.9. The third kappa shape index (κ3) is 5.44. The molecular weight excluding hydrogens is 673 g/mol. The van der Waals surface area contributed by atoms with E-state index in [9.17, 15) is 28.2 Å². The number of carbonyl (C=O) groups is 2. The molecule has 11 nitrogen and oxygen atoms in total. The monoisotopic (exact) mass is 734 g/mol. The van der Waals surface area contributed by atoms with Crippen molar-refractivity contribution in [2.45, 2.75) is 136 Å². The molecule has 6 saturated carbocycles. The summed E-state index contributed by atoms with van der Waals surface area (Å²) in [7, 11) is -3.74. The van der Waals surface area contributed by atoms with Crippen molar-refractivity contribution in [2.24, 2.45) is 56.7 Å². The van der Waals surface area contributed by atoms with Gasteiger partial charge in [0.2, 0.25) is 15.9 Å². The van der Waals surface area contributed by atoms with Crippen LogP contribution in [0.4, 0.5) is 0 Å². The van der Waals surface area contributed by atoms with E-state index < -0.39 is 40.8 Å². The van der Waals surface area contributed by atoms with Crippen molar-refractivity contribution in [3.05, 3.63) is 0 Å². The van der Waals surface area contributed by atoms with Crippen molar-refractivity contribution in [1.82, 2.24) is 9.21 Å². The van der Waals surface area contributed by atoms with Gasteiger partial charge in [-0.15, -0.1) is 0 Å². The third-order valence-corrected chi connectivity index (χ3v) is 18.1. The number of amides is 1. The lowest BCUT2D eigenvalue weighted by molar-refractivity contribution is -0.248. The van der Waals surface area contributed by atoms with Crippen LogP contribution in [-0.2, 0) is 33.8 Å². The predicted molar refractivity (Wildman–Crippen MR) is 189 cm³/mol. The average molecular weight is 735 g/mol. The molecule has 0 aromatic carbocycles. The fourth-order valence-electron chi connectivity index (χ4n) is 14.2. The van der Waals surface area contributed by atoms with Crippen LogP contribution in [0.2, 0.25) is 0 Å². The number of aliphatic hydroxyl groups excluding tert-OH is 1. The molecule has 8 rings (SSSR count). The Morgan fingerprint density at radius 3 is 2.39 bits per heavy atom. The zero-order chi connectivity index (χ0) is 36.5. The van der Waals surface area contributed by atoms with Crippen molar-refractivity contribution in [1.29, 1.82) is 0 Å². The normalized spacial score (nSPS) is 48.5. The summed E-state index contributed by atoms with van der Waals surface area (Å²) in [6.07, 6.45) is 10.5. The second kappa shape index (κ2) is 12.1. The van der Waals surface area contributed by atoms with Crippen LogP contribution in [-0.4, -0.2) is 109 Å². The Morgan fingerprint density at radius 1 is 1.00 bits per heavy atom. The molecule has 288 valence electrons. The second-order valence-corrected chi connectivity index (χ2v) is 21.5. The van der Waals surface area contributed by atoms with E-state index in [0.717, 1.165) is 49.1 Å². The highest BCUT2D eigenvalue weighted by Gasteiger charge is 2.84. The Balaban J connectivity index is 0.990. The number of hydrogen-bond acceptors (Lipinski definition) is 8. The molecule has 1 amide bonds. The first-order chi connectivity index (χ1) is 23.9. The lowest BCUT2D eigenvalue weighted by Crippen LogP contribution is -2.60. The molecule has 6 aliphatic carbocycles. The fourth-order valence-corrected chi connectivity index (χ4v) is 15.0. The number of fused-ring (bicyclic) bond motifs is 4. The molecule has 12 heteroatoms. The molecule has 13 atom stereocenters. The van der Waals surface area contributed by atoms with E-state index in [1.54, 1.807) is 0 Å². The van der Waals surface area contributed by atoms with Crippen LogP contribution < -0.4 is 0 Å². The zero-order valence-electron chi connectivity index (χ0n) is 31.6. The molecule has 2 saturated heterocycles. The molecule has 0 aromatic rings. The van der Waals surface area contributed by atoms with Crippen molar-refractivity contribution in [3.63, 3.8) is 0 Å². The summed E-state index contributed by atoms with van der Waals surface area (Å²) in [5, 5.41) is 21.9. The number of sulfonamides is 1. The molecule has 0 bridgehead atoms. The van der Waals surface area contributed by atoms with E-state index in [2.05, 4.69) is 34.6 Å². The highest BCUT2D eigenvalue weighted by atomic mass is 32.2. The number of aliphatic hydroxyl groups is 1. The maximum Gasteiger partial charge on any atom is 0.318 e. The van der Waals surface area contributed by atoms with Crippen LogP contribution in [0, 0.1) is 56.7 Å². The average Bonchev–Trinajstić information content (AvgIpc) is 3.97. The number of ether oxygens (including phenoxy) is 3. The molecule has 2 spiro atoms. The molecule has 2 heterocycles. The summed E-state index contributed by atoms with van der Waals surface area (Å²) < 4.78 is 45.7. The van der Waals surface area contributed by atoms with E-state index in [1.807, 2.05) is 4.90 Å². The van der Waals surface area contributed by atoms with Crippen LogP contribution >= 0.6 is 0 Å². The van der Waals surface area contributed by atoms with Crippen LogP contribution in [0.1, 0.15) is 105 Å². The van der Waals surface area contributed by atoms with Gasteiger partial charge in [0.15, 0.2) is 6.29 Å². The minimum Gasteiger partial charge on any atom is -0.480 e. The standard InChI is InChI=1S/C39H62N2O9S/c1-23-17-25(19-41(20-30(43)44)51(6,46)47)49-33-32(23)36(4)13-14-39-22-38(39)12-11-28(35(2,3)26(38)9-10-27(39)37(36,5)34(33)45)50-31-21-40(15-16-48-31)29(42)18-24-7-8-24/h23-28,31-34,45H,7-22H2,1-6H3,(H,43,44). The van der Waals surface area contributed by atoms with Gasteiger partial charge in [0.05, 0.1) is 43.8 Å². The molecule has 0 radical (unpaired) electrons. The number of morpholine rings is 1. The van der Waals surface area contributed by atoms with Gasteiger partial charge in [-0.05, 0) is 115 Å². The largest absolute Gasteiger partial charge is 0.480 e. The van der Waals surface area contributed by atoms with Crippen molar-refractivity contribution < 1.29 is 42.4 Å². The number of carboxylic acid groups (broad SMARTS) is 1. The third-order valence-electron chi connectivity index (χ3n) is 16.9. The van der Waals surface area contributed by atoms with Gasteiger partial charge >= 0.3 is 5.97 Å². The van der Waals surface area contributed by atoms with Crippen LogP contribution in [0.25, 0.3) is 0 Å². The van der Waals surface area contributed by atoms with Crippen LogP contribution in [0.3, 0.4) is 0 Å². The first kappa shape index (κ1) is 36.7. The Bertz CT molecular complexity index is 1540. The summed E-state index contributed by atoms with van der Waals surface area (Å²) in [5.74, 6) is 0.855. The molecule has 2 aliphatic heterocycles. The highest BCUT2D eigenvalue weighted by molar-refractivity contribution is 7.88. The predicted octanol–water partition coefficient (Wildman–Crippen LogP) is 4.52. The Labute approximate surface area is 304 Å². The molecule has 8 aliphatic rings. The van der Waals surface area contributed by atoms with Crippen molar-refractivity contribution >= 4 is 21.9 Å². The number of carbonyl (C=O) groups excluding carboxylic acids is 1. The first-order valence-electron chi connectivity index (χ1n) is 19.9. The Hall–Kier alpha value is -1.31. The number of aliphatic carboxylic acids is 1. The minimum atomic E-state index is -3.74. The van der Waals surface area contributed by atoms with Crippen molar-refractivity contribution in [2.75, 3.05) is 39.0 Å². The highest BCUT2D eigenvalue weighted by Crippen LogP contribution is 2.89. The SMILES string of the molecule is CC1CC(CN(CC(=O)O)S(C)(=O)=O)OC2C1C1(C)CCC34CC35CCC(OC3CN(C(=O)CC6CC6)CCO3)C(C)(C)C5CCC4C1(C)C2O. The smallest absolute Gasteiger partial charge is 0.318 e. The van der Waals surface area contributed by atoms with E-state index in [1.165, 1.54) is 19.3 Å². The van der Waals surface area contributed by atoms with Gasteiger partial charge in [-0.3, -0.25) is 9.59 Å². The Morgan fingerprint density at radius 2 is 1.71 bits per heavy atom.